The predicted molar refractivity (Wildman–Crippen MR) is 489 cm³/mol. The molecule has 0 radical (unpaired) electrons. The summed E-state index contributed by atoms with van der Waals surface area (Å²) in [5, 5.41) is 27.0. The van der Waals surface area contributed by atoms with Gasteiger partial charge in [-0.3, -0.25) is 14.7 Å². The summed E-state index contributed by atoms with van der Waals surface area (Å²) in [4.78, 5) is 43.3. The van der Waals surface area contributed by atoms with Crippen LogP contribution in [0.5, 0.6) is 0 Å². The van der Waals surface area contributed by atoms with E-state index in [4.69, 9.17) is 9.47 Å². The van der Waals surface area contributed by atoms with Gasteiger partial charge in [0, 0.05) is 137 Å². The van der Waals surface area contributed by atoms with Gasteiger partial charge in [0.25, 0.3) is 0 Å². The van der Waals surface area contributed by atoms with Crippen molar-refractivity contribution >= 4 is 83.3 Å². The van der Waals surface area contributed by atoms with E-state index < -0.39 is 11.9 Å². The molecule has 19 rings (SSSR count). The zero-order valence-electron chi connectivity index (χ0n) is 72.0. The first kappa shape index (κ1) is 83.2. The average molecular weight is 1610 g/mol. The molecule has 16 heteroatoms. The molecule has 0 amide bonds. The summed E-state index contributed by atoms with van der Waals surface area (Å²) in [7, 11) is 1.46. The van der Waals surface area contributed by atoms with Gasteiger partial charge in [0.1, 0.15) is 0 Å². The number of benzene rings is 6. The highest BCUT2D eigenvalue weighted by molar-refractivity contribution is 6.08. The summed E-state index contributed by atoms with van der Waals surface area (Å²) in [5.41, 5.74) is 23.8. The Labute approximate surface area is 708 Å². The van der Waals surface area contributed by atoms with Crippen LogP contribution < -0.4 is 0 Å². The van der Waals surface area contributed by atoms with Crippen molar-refractivity contribution in [2.45, 2.75) is 227 Å². The van der Waals surface area contributed by atoms with Crippen LogP contribution >= 0.6 is 0 Å². The van der Waals surface area contributed by atoms with Gasteiger partial charge in [-0.1, -0.05) is 208 Å². The van der Waals surface area contributed by atoms with Crippen molar-refractivity contribution in [1.82, 2.24) is 42.1 Å². The number of nitrogens with zero attached hydrogens (tertiary/aromatic N) is 9. The van der Waals surface area contributed by atoms with Crippen molar-refractivity contribution in [1.29, 1.82) is 0 Å². The molecule has 0 bridgehead atoms. The van der Waals surface area contributed by atoms with Gasteiger partial charge in [0.2, 0.25) is 0 Å². The van der Waals surface area contributed by atoms with Gasteiger partial charge in [0.05, 0.1) is 93.8 Å². The first-order chi connectivity index (χ1) is 58.8. The van der Waals surface area contributed by atoms with Crippen molar-refractivity contribution in [3.63, 3.8) is 0 Å². The Morgan fingerprint density at radius 1 is 0.383 bits per heavy atom. The number of aromatic nitrogens is 6. The van der Waals surface area contributed by atoms with Crippen molar-refractivity contribution in [3.05, 3.63) is 178 Å². The van der Waals surface area contributed by atoms with Crippen LogP contribution in [0.15, 0.2) is 128 Å². The number of aryl methyl sites for hydroxylation is 6. The molecule has 3 aliphatic carbocycles. The van der Waals surface area contributed by atoms with Crippen molar-refractivity contribution in [2.75, 3.05) is 79.2 Å². The summed E-state index contributed by atoms with van der Waals surface area (Å²) < 4.78 is 24.7. The average Bonchev–Trinajstić information content (AvgIpc) is 1.57. The third kappa shape index (κ3) is 16.8. The molecule has 0 unspecified atom stereocenters. The van der Waals surface area contributed by atoms with E-state index in [0.717, 1.165) is 164 Å². The number of para-hydroxylation sites is 3. The molecule has 1 saturated heterocycles. The van der Waals surface area contributed by atoms with E-state index in [1.54, 1.807) is 12.1 Å². The van der Waals surface area contributed by atoms with Gasteiger partial charge in [0.15, 0.2) is 0 Å². The molecule has 10 heterocycles. The first-order valence-electron chi connectivity index (χ1n) is 45.5. The monoisotopic (exact) mass is 1610 g/mol. The minimum Gasteiger partial charge on any atom is -0.478 e. The molecule has 4 aliphatic heterocycles. The molecule has 120 heavy (non-hydrogen) atoms. The van der Waals surface area contributed by atoms with E-state index >= 15 is 0 Å². The summed E-state index contributed by atoms with van der Waals surface area (Å²) in [5.74, 6) is 20.4. The lowest BCUT2D eigenvalue weighted by atomic mass is 9.81. The maximum atomic E-state index is 12.5. The zero-order chi connectivity index (χ0) is 82.9. The lowest BCUT2D eigenvalue weighted by Gasteiger charge is -2.25. The number of carboxylic acids is 2. The smallest absolute Gasteiger partial charge is 0.337 e. The third-order valence-electron chi connectivity index (χ3n) is 27.2. The third-order valence-corrected chi connectivity index (χ3v) is 27.2. The fraction of sp³-hybridized carbons (Fsp3) is 0.452. The molecule has 6 aromatic carbocycles. The highest BCUT2D eigenvalue weighted by Crippen LogP contribution is 2.51. The van der Waals surface area contributed by atoms with E-state index in [0.29, 0.717) is 34.4 Å². The fourth-order valence-corrected chi connectivity index (χ4v) is 20.9. The molecular weight excluding hydrogens is 1490 g/mol. The molecule has 624 valence electrons. The van der Waals surface area contributed by atoms with Gasteiger partial charge in [-0.05, 0) is 181 Å². The lowest BCUT2D eigenvalue weighted by molar-refractivity contribution is 0.0599. The highest BCUT2D eigenvalue weighted by Gasteiger charge is 2.34. The number of carbonyl (C=O) groups excluding carboxylic acids is 1. The Bertz CT molecular complexity index is 5710. The summed E-state index contributed by atoms with van der Waals surface area (Å²) in [6.07, 6.45) is 31.1. The molecule has 6 aromatic heterocycles. The SMILES string of the molecule is C1CCOC1.CCN(CC)CC#Cc1cn2c3c(cccc13)-c1c(C3CCCCC3)c3ccc(C(=O)O)cc3n1CCC2.CCN(CC)CC#Cc1cn2c3c(cccc13)-c1c(C3CCCCC3)c3ccc(C(=O)O)cc3n1CCC2.CCN(CC)CC#Cc1cn2c3c(cccc13)-c1c(C3CCCCC3)c3ccc(C(=O)OC)cc3n1CCC2. The number of hydrogen-bond donors (Lipinski definition) is 2. The van der Waals surface area contributed by atoms with E-state index in [9.17, 15) is 24.6 Å². The van der Waals surface area contributed by atoms with Crippen LogP contribution in [0.1, 0.15) is 252 Å². The Morgan fingerprint density at radius 3 is 0.975 bits per heavy atom. The second-order valence-corrected chi connectivity index (χ2v) is 34.0. The zero-order valence-corrected chi connectivity index (χ0v) is 72.0. The maximum Gasteiger partial charge on any atom is 0.337 e. The molecule has 7 aliphatic rings. The Hall–Kier alpha value is -10.5. The Balaban J connectivity index is 0.000000130. The Kier molecular flexibility index (Phi) is 26.4. The topological polar surface area (TPSA) is 149 Å². The number of carbonyl (C=O) groups is 3. The molecule has 0 spiro atoms. The van der Waals surface area contributed by atoms with Gasteiger partial charge < -0.3 is 47.1 Å². The van der Waals surface area contributed by atoms with Gasteiger partial charge in [-0.15, -0.1) is 0 Å². The largest absolute Gasteiger partial charge is 0.478 e. The van der Waals surface area contributed by atoms with Crippen LogP contribution in [-0.4, -0.2) is 149 Å². The number of hydrogen-bond acceptors (Lipinski definition) is 8. The summed E-state index contributed by atoms with van der Waals surface area (Å²) >= 11 is 0. The standard InChI is InChI=1S/C34H39N3O2.2C33H37N3O2.C4H8O/c1-4-35(5-2)19-10-14-26-23-36-20-11-21-37-30-22-25(34(38)39-3)17-18-28(30)31(24-12-7-6-8-13-24)33(37)29-16-9-15-27(26)32(29)36;2*1-3-34(4-2)18-9-13-25-22-35-19-10-20-36-29-21-24(33(37)38)16-17-27(29)30(23-11-6-5-7-12-23)32(36)28-15-8-14-26(25)31(28)35;1-2-4-5-3-1/h9,15-18,22-24H,4-8,11-13,19-21H2,1-3H3;2*8,14-17,21-23H,3-7,10-12,18-20H2,1-2H3,(H,37,38);1-4H2. The van der Waals surface area contributed by atoms with Crippen molar-refractivity contribution in [2.24, 2.45) is 0 Å². The number of aromatic carboxylic acids is 2. The normalized spacial score (nSPS) is 16.1. The number of esters is 1. The molecule has 0 atom stereocenters. The van der Waals surface area contributed by atoms with Gasteiger partial charge in [-0.25, -0.2) is 14.4 Å². The van der Waals surface area contributed by atoms with Crippen LogP contribution in [-0.2, 0) is 48.7 Å². The quantitative estimate of drug-likeness (QED) is 0.0750. The van der Waals surface area contributed by atoms with Gasteiger partial charge in [-0.2, -0.15) is 0 Å². The first-order valence-corrected chi connectivity index (χ1v) is 45.5. The minimum atomic E-state index is -0.864. The number of carboxylic acid groups (broad SMARTS) is 2. The number of fused-ring (bicyclic) bond motifs is 12. The molecular formula is C104H121N9O7. The molecule has 12 aromatic rings. The van der Waals surface area contributed by atoms with E-state index in [1.807, 2.05) is 18.2 Å². The Morgan fingerprint density at radius 2 is 0.692 bits per heavy atom. The lowest BCUT2D eigenvalue weighted by Crippen LogP contribution is -2.22. The van der Waals surface area contributed by atoms with E-state index in [1.165, 1.54) is 216 Å². The molecule has 3 saturated carbocycles. The fourth-order valence-electron chi connectivity index (χ4n) is 20.9. The van der Waals surface area contributed by atoms with E-state index in [2.05, 4.69) is 217 Å². The number of rotatable bonds is 15. The van der Waals surface area contributed by atoms with Crippen LogP contribution in [0, 0.1) is 35.5 Å². The second-order valence-electron chi connectivity index (χ2n) is 34.0. The minimum absolute atomic E-state index is 0.276. The van der Waals surface area contributed by atoms with Crippen molar-refractivity contribution < 1.29 is 34.1 Å². The van der Waals surface area contributed by atoms with Crippen LogP contribution in [0.4, 0.5) is 0 Å². The van der Waals surface area contributed by atoms with Crippen LogP contribution in [0.3, 0.4) is 0 Å². The second kappa shape index (κ2) is 38.1. The molecule has 16 nitrogen and oxygen atoms in total. The van der Waals surface area contributed by atoms with E-state index in [-0.39, 0.29) is 5.97 Å². The van der Waals surface area contributed by atoms with Crippen molar-refractivity contribution in [3.8, 4) is 69.3 Å². The summed E-state index contributed by atoms with van der Waals surface area (Å²) in [6.45, 7) is 29.0. The number of methoxy groups -OCH3 is 1. The molecule has 4 fully saturated rings. The van der Waals surface area contributed by atoms with Crippen LogP contribution in [0.25, 0.3) is 99.2 Å². The van der Waals surface area contributed by atoms with Gasteiger partial charge >= 0.3 is 17.9 Å². The predicted octanol–water partition coefficient (Wildman–Crippen LogP) is 22.2. The van der Waals surface area contributed by atoms with Crippen LogP contribution in [0.2, 0.25) is 0 Å². The highest BCUT2D eigenvalue weighted by atomic mass is 16.5. The number of ether oxygens (including phenoxy) is 2. The maximum absolute atomic E-state index is 12.5. The summed E-state index contributed by atoms with van der Waals surface area (Å²) in [6, 6.07) is 37.8. The molecule has 2 N–H and O–H groups in total.